The number of hydrogen-bond donors (Lipinski definition) is 2. The molecular weight excluding hydrogens is 298 g/mol. The van der Waals surface area contributed by atoms with Crippen LogP contribution >= 0.6 is 0 Å². The summed E-state index contributed by atoms with van der Waals surface area (Å²) in [6.45, 7) is 3.69. The lowest BCUT2D eigenvalue weighted by Gasteiger charge is -2.16. The minimum atomic E-state index is -3.71. The zero-order valence-electron chi connectivity index (χ0n) is 12.0. The maximum atomic E-state index is 12.6. The van der Waals surface area contributed by atoms with E-state index in [1.165, 1.54) is 8.99 Å². The van der Waals surface area contributed by atoms with Gasteiger partial charge in [0.2, 0.25) is 10.0 Å². The number of nitrogens with zero attached hydrogens (tertiary/aromatic N) is 3. The zero-order valence-corrected chi connectivity index (χ0v) is 12.8. The van der Waals surface area contributed by atoms with Crippen molar-refractivity contribution in [2.75, 3.05) is 13.1 Å². The topological polar surface area (TPSA) is 113 Å². The van der Waals surface area contributed by atoms with E-state index in [0.29, 0.717) is 17.8 Å². The molecular formula is C12H19N3O5S. The molecule has 1 saturated heterocycles. The Kier molecular flexibility index (Phi) is 4.35. The lowest BCUT2D eigenvalue weighted by Crippen LogP contribution is -2.30. The maximum Gasteiger partial charge on any atom is 0.305 e. The average molecular weight is 317 g/mol. The maximum absolute atomic E-state index is 12.6. The number of β-amino-alcohol motifs (C(OH)–C–C–N with tert-alkyl or cyclic N) is 1. The third-order valence-corrected chi connectivity index (χ3v) is 5.69. The molecule has 0 amide bonds. The largest absolute Gasteiger partial charge is 0.481 e. The molecule has 1 aromatic heterocycles. The molecule has 0 unspecified atom stereocenters. The van der Waals surface area contributed by atoms with Gasteiger partial charge in [0.25, 0.3) is 0 Å². The molecule has 2 N–H and O–H groups in total. The molecule has 0 bridgehead atoms. The first-order chi connectivity index (χ1) is 9.73. The Bertz CT molecular complexity index is 652. The molecule has 118 valence electrons. The normalized spacial score (nSPS) is 20.0. The van der Waals surface area contributed by atoms with E-state index in [4.69, 9.17) is 5.11 Å². The zero-order chi connectivity index (χ0) is 15.8. The van der Waals surface area contributed by atoms with Crippen LogP contribution in [-0.2, 0) is 21.4 Å². The van der Waals surface area contributed by atoms with Crippen molar-refractivity contribution in [1.82, 2.24) is 14.1 Å². The van der Waals surface area contributed by atoms with Crippen LogP contribution < -0.4 is 0 Å². The first-order valence-corrected chi connectivity index (χ1v) is 8.11. The molecule has 2 heterocycles. The molecule has 0 aromatic carbocycles. The molecule has 0 radical (unpaired) electrons. The van der Waals surface area contributed by atoms with Crippen molar-refractivity contribution in [3.8, 4) is 0 Å². The molecule has 1 atom stereocenters. The van der Waals surface area contributed by atoms with E-state index < -0.39 is 22.1 Å². The number of carboxylic acid groups (broad SMARTS) is 1. The van der Waals surface area contributed by atoms with Crippen LogP contribution in [0.3, 0.4) is 0 Å². The van der Waals surface area contributed by atoms with E-state index >= 15 is 0 Å². The third-order valence-electron chi connectivity index (χ3n) is 3.58. The lowest BCUT2D eigenvalue weighted by molar-refractivity contribution is -0.137. The molecule has 9 heteroatoms. The van der Waals surface area contributed by atoms with Crippen LogP contribution in [0.4, 0.5) is 0 Å². The third kappa shape index (κ3) is 3.09. The molecule has 2 rings (SSSR count). The van der Waals surface area contributed by atoms with Gasteiger partial charge in [-0.2, -0.15) is 9.40 Å². The summed E-state index contributed by atoms with van der Waals surface area (Å²) in [5, 5.41) is 22.3. The number of carbonyl (C=O) groups is 1. The molecule has 0 aliphatic carbocycles. The van der Waals surface area contributed by atoms with Gasteiger partial charge in [-0.1, -0.05) is 0 Å². The van der Waals surface area contributed by atoms with Crippen LogP contribution in [0.1, 0.15) is 24.2 Å². The molecule has 8 nitrogen and oxygen atoms in total. The van der Waals surface area contributed by atoms with Gasteiger partial charge in [0.15, 0.2) is 0 Å². The summed E-state index contributed by atoms with van der Waals surface area (Å²) >= 11 is 0. The van der Waals surface area contributed by atoms with Crippen LogP contribution in [0, 0.1) is 13.8 Å². The Morgan fingerprint density at radius 3 is 2.62 bits per heavy atom. The Hall–Kier alpha value is -1.45. The van der Waals surface area contributed by atoms with Crippen LogP contribution in [-0.4, -0.2) is 57.9 Å². The van der Waals surface area contributed by atoms with Gasteiger partial charge in [0.1, 0.15) is 4.90 Å². The fourth-order valence-electron chi connectivity index (χ4n) is 2.53. The van der Waals surface area contributed by atoms with Crippen molar-refractivity contribution < 1.29 is 23.4 Å². The summed E-state index contributed by atoms with van der Waals surface area (Å²) in [4.78, 5) is 10.7. The monoisotopic (exact) mass is 317 g/mol. The summed E-state index contributed by atoms with van der Waals surface area (Å²) in [7, 11) is -3.71. The van der Waals surface area contributed by atoms with E-state index in [2.05, 4.69) is 5.10 Å². The van der Waals surface area contributed by atoms with Gasteiger partial charge in [-0.05, 0) is 20.3 Å². The predicted octanol–water partition coefficient (Wildman–Crippen LogP) is -0.270. The predicted molar refractivity (Wildman–Crippen MR) is 73.3 cm³/mol. The van der Waals surface area contributed by atoms with E-state index in [1.54, 1.807) is 13.8 Å². The number of aliphatic hydroxyl groups excluding tert-OH is 1. The number of aromatic nitrogens is 2. The summed E-state index contributed by atoms with van der Waals surface area (Å²) in [5.41, 5.74) is 0.773. The van der Waals surface area contributed by atoms with Gasteiger partial charge < -0.3 is 10.2 Å². The molecule has 1 aliphatic heterocycles. The van der Waals surface area contributed by atoms with Gasteiger partial charge in [-0.3, -0.25) is 9.48 Å². The Morgan fingerprint density at radius 2 is 2.10 bits per heavy atom. The number of aliphatic carboxylic acids is 1. The highest BCUT2D eigenvalue weighted by Gasteiger charge is 2.35. The van der Waals surface area contributed by atoms with Crippen molar-refractivity contribution in [3.05, 3.63) is 11.4 Å². The van der Waals surface area contributed by atoms with Crippen LogP contribution in [0.5, 0.6) is 0 Å². The van der Waals surface area contributed by atoms with E-state index in [-0.39, 0.29) is 31.0 Å². The number of carboxylic acids is 1. The average Bonchev–Trinajstić information content (AvgIpc) is 2.92. The van der Waals surface area contributed by atoms with Gasteiger partial charge >= 0.3 is 5.97 Å². The molecule has 1 aliphatic rings. The van der Waals surface area contributed by atoms with Crippen molar-refractivity contribution in [3.63, 3.8) is 0 Å². The van der Waals surface area contributed by atoms with Crippen molar-refractivity contribution in [2.24, 2.45) is 0 Å². The summed E-state index contributed by atoms with van der Waals surface area (Å²) < 4.78 is 27.9. The van der Waals surface area contributed by atoms with Crippen LogP contribution in [0.15, 0.2) is 4.90 Å². The van der Waals surface area contributed by atoms with Crippen LogP contribution in [0.25, 0.3) is 0 Å². The second-order valence-electron chi connectivity index (χ2n) is 5.17. The number of aliphatic hydroxyl groups is 1. The van der Waals surface area contributed by atoms with Crippen molar-refractivity contribution in [2.45, 2.75) is 44.2 Å². The van der Waals surface area contributed by atoms with Gasteiger partial charge in [-0.15, -0.1) is 0 Å². The van der Waals surface area contributed by atoms with E-state index in [9.17, 15) is 18.3 Å². The quantitative estimate of drug-likeness (QED) is 0.773. The Balaban J connectivity index is 2.33. The number of sulfonamides is 1. The van der Waals surface area contributed by atoms with E-state index in [1.807, 2.05) is 0 Å². The highest BCUT2D eigenvalue weighted by atomic mass is 32.2. The summed E-state index contributed by atoms with van der Waals surface area (Å²) in [5.74, 6) is -0.963. The molecule has 0 saturated carbocycles. The second kappa shape index (κ2) is 5.74. The minimum absolute atomic E-state index is 0.0848. The highest BCUT2D eigenvalue weighted by Crippen LogP contribution is 2.26. The Morgan fingerprint density at radius 1 is 1.43 bits per heavy atom. The standard InChI is InChI=1S/C12H19N3O5S/c1-8-12(9(2)15(13-8)6-4-11(17)18)21(19,20)14-5-3-10(16)7-14/h10,16H,3-7H2,1-2H3,(H,17,18)/t10-/m0/s1. The van der Waals surface area contributed by atoms with Crippen molar-refractivity contribution >= 4 is 16.0 Å². The molecule has 0 spiro atoms. The number of aryl methyl sites for hydroxylation is 2. The fraction of sp³-hybridized carbons (Fsp3) is 0.667. The first kappa shape index (κ1) is 15.9. The molecule has 1 fully saturated rings. The SMILES string of the molecule is Cc1nn(CCC(=O)O)c(C)c1S(=O)(=O)N1CC[C@H](O)C1. The first-order valence-electron chi connectivity index (χ1n) is 6.67. The fourth-order valence-corrected chi connectivity index (χ4v) is 4.40. The number of rotatable bonds is 5. The van der Waals surface area contributed by atoms with Gasteiger partial charge in [-0.25, -0.2) is 8.42 Å². The van der Waals surface area contributed by atoms with Gasteiger partial charge in [0, 0.05) is 13.1 Å². The van der Waals surface area contributed by atoms with Gasteiger partial charge in [0.05, 0.1) is 30.5 Å². The highest BCUT2D eigenvalue weighted by molar-refractivity contribution is 7.89. The van der Waals surface area contributed by atoms with E-state index in [0.717, 1.165) is 0 Å². The van der Waals surface area contributed by atoms with Crippen molar-refractivity contribution in [1.29, 1.82) is 0 Å². The second-order valence-corrected chi connectivity index (χ2v) is 7.05. The molecule has 1 aromatic rings. The lowest BCUT2D eigenvalue weighted by atomic mass is 10.3. The summed E-state index contributed by atoms with van der Waals surface area (Å²) in [6.07, 6.45) is -0.337. The minimum Gasteiger partial charge on any atom is -0.481 e. The summed E-state index contributed by atoms with van der Waals surface area (Å²) in [6, 6.07) is 0. The Labute approximate surface area is 123 Å². The smallest absolute Gasteiger partial charge is 0.305 e. The molecule has 21 heavy (non-hydrogen) atoms. The number of hydrogen-bond acceptors (Lipinski definition) is 5. The van der Waals surface area contributed by atoms with Crippen LogP contribution in [0.2, 0.25) is 0 Å².